The van der Waals surface area contributed by atoms with Crippen molar-refractivity contribution in [2.24, 2.45) is 17.8 Å². The fourth-order valence-corrected chi connectivity index (χ4v) is 7.04. The summed E-state index contributed by atoms with van der Waals surface area (Å²) in [6, 6.07) is 6.84. The summed E-state index contributed by atoms with van der Waals surface area (Å²) in [6.45, 7) is 0.619. The number of benzene rings is 1. The zero-order valence-electron chi connectivity index (χ0n) is 19.7. The number of unbranched alkanes of at least 4 members (excludes halogenated alkanes) is 1. The van der Waals surface area contributed by atoms with Crippen LogP contribution in [0.15, 0.2) is 47.0 Å². The van der Waals surface area contributed by atoms with Gasteiger partial charge in [0.15, 0.2) is 0 Å². The molecule has 4 nitrogen and oxygen atoms in total. The lowest BCUT2D eigenvalue weighted by molar-refractivity contribution is -0.137. The van der Waals surface area contributed by atoms with Crippen LogP contribution in [0.3, 0.4) is 0 Å². The SMILES string of the molecule is O=C(O)CCCC=CC[C@H]1[C@H](C=C(Br)[C@H](O)C2CCCCC2)[C@@H]2C[C@@]1(c1ccc(F)cc1)CO2. The molecule has 3 fully saturated rings. The van der Waals surface area contributed by atoms with E-state index in [1.807, 2.05) is 12.1 Å². The van der Waals surface area contributed by atoms with E-state index in [4.69, 9.17) is 9.84 Å². The van der Waals surface area contributed by atoms with Gasteiger partial charge in [0, 0.05) is 22.2 Å². The Morgan fingerprint density at radius 1 is 1.21 bits per heavy atom. The number of fused-ring (bicyclic) bond motifs is 2. The average molecular weight is 535 g/mol. The van der Waals surface area contributed by atoms with Crippen LogP contribution in [0.2, 0.25) is 0 Å². The van der Waals surface area contributed by atoms with Crippen LogP contribution < -0.4 is 0 Å². The quantitative estimate of drug-likeness (QED) is 0.265. The Bertz CT molecular complexity index is 892. The predicted octanol–water partition coefficient (Wildman–Crippen LogP) is 6.52. The van der Waals surface area contributed by atoms with Crippen LogP contribution in [0.4, 0.5) is 4.39 Å². The molecule has 1 aromatic rings. The number of aliphatic hydroxyl groups is 1. The van der Waals surface area contributed by atoms with E-state index >= 15 is 0 Å². The van der Waals surface area contributed by atoms with E-state index in [0.717, 1.165) is 42.1 Å². The van der Waals surface area contributed by atoms with Crippen LogP contribution in [0.1, 0.15) is 69.8 Å². The molecule has 2 bridgehead atoms. The Kier molecular flexibility index (Phi) is 8.65. The van der Waals surface area contributed by atoms with Gasteiger partial charge < -0.3 is 14.9 Å². The fourth-order valence-electron chi connectivity index (χ4n) is 6.36. The summed E-state index contributed by atoms with van der Waals surface area (Å²) in [6.07, 6.45) is 15.1. The number of carboxylic acids is 1. The first-order valence-electron chi connectivity index (χ1n) is 12.7. The van der Waals surface area contributed by atoms with Crippen molar-refractivity contribution in [3.05, 3.63) is 58.4 Å². The van der Waals surface area contributed by atoms with Crippen molar-refractivity contribution in [1.29, 1.82) is 0 Å². The third-order valence-corrected chi connectivity index (χ3v) is 8.93. The molecule has 1 aromatic carbocycles. The molecular weight excluding hydrogens is 499 g/mol. The molecule has 0 amide bonds. The molecule has 5 atom stereocenters. The summed E-state index contributed by atoms with van der Waals surface area (Å²) in [4.78, 5) is 10.8. The summed E-state index contributed by atoms with van der Waals surface area (Å²) in [5.74, 6) is -0.287. The average Bonchev–Trinajstić information content (AvgIpc) is 3.40. The van der Waals surface area contributed by atoms with Gasteiger partial charge >= 0.3 is 5.97 Å². The van der Waals surface area contributed by atoms with E-state index in [1.54, 1.807) is 0 Å². The topological polar surface area (TPSA) is 66.8 Å². The molecule has 34 heavy (non-hydrogen) atoms. The van der Waals surface area contributed by atoms with Gasteiger partial charge in [-0.15, -0.1) is 0 Å². The molecule has 2 saturated carbocycles. The number of ether oxygens (including phenoxy) is 1. The van der Waals surface area contributed by atoms with Crippen molar-refractivity contribution >= 4 is 21.9 Å². The second kappa shape index (κ2) is 11.5. The number of aliphatic hydroxyl groups excluding tert-OH is 1. The molecule has 0 unspecified atom stereocenters. The molecule has 2 aliphatic carbocycles. The lowest BCUT2D eigenvalue weighted by Gasteiger charge is -2.38. The summed E-state index contributed by atoms with van der Waals surface area (Å²) >= 11 is 3.72. The van der Waals surface area contributed by atoms with Crippen molar-refractivity contribution < 1.29 is 24.1 Å². The summed E-state index contributed by atoms with van der Waals surface area (Å²) < 4.78 is 20.8. The molecule has 3 aliphatic rings. The van der Waals surface area contributed by atoms with E-state index in [0.29, 0.717) is 18.9 Å². The van der Waals surface area contributed by atoms with Crippen LogP contribution in [0.25, 0.3) is 0 Å². The number of carbonyl (C=O) groups is 1. The smallest absolute Gasteiger partial charge is 0.303 e. The van der Waals surface area contributed by atoms with E-state index in [9.17, 15) is 14.3 Å². The number of hydrogen-bond donors (Lipinski definition) is 2. The highest BCUT2D eigenvalue weighted by Gasteiger charge is 2.58. The number of allylic oxidation sites excluding steroid dienone is 2. The number of aliphatic carboxylic acids is 1. The predicted molar refractivity (Wildman–Crippen MR) is 134 cm³/mol. The molecule has 0 spiro atoms. The van der Waals surface area contributed by atoms with Gasteiger partial charge in [-0.1, -0.05) is 65.6 Å². The van der Waals surface area contributed by atoms with Crippen LogP contribution in [-0.2, 0) is 14.9 Å². The maximum absolute atomic E-state index is 13.7. The minimum atomic E-state index is -0.763. The molecule has 1 saturated heterocycles. The molecule has 1 aliphatic heterocycles. The number of halogens is 2. The highest BCUT2D eigenvalue weighted by molar-refractivity contribution is 9.11. The van der Waals surface area contributed by atoms with Crippen LogP contribution >= 0.6 is 15.9 Å². The van der Waals surface area contributed by atoms with Gasteiger partial charge in [-0.25, -0.2) is 4.39 Å². The van der Waals surface area contributed by atoms with E-state index in [1.165, 1.54) is 31.4 Å². The molecule has 4 rings (SSSR count). The summed E-state index contributed by atoms with van der Waals surface area (Å²) in [7, 11) is 0. The lowest BCUT2D eigenvalue weighted by Crippen LogP contribution is -2.39. The third kappa shape index (κ3) is 5.66. The second-order valence-corrected chi connectivity index (χ2v) is 11.2. The minimum absolute atomic E-state index is 0.0709. The standard InChI is InChI=1S/C28H36BrFO4/c29-24(27(33)19-8-4-3-5-9-19)16-22-23(10-6-1-2-7-11-26(31)32)28(17-25(22)34-18-28)20-12-14-21(30)15-13-20/h1,6,12-16,19,22-23,25,27,33H,2-5,7-11,17-18H2,(H,31,32)/t22-,23-,25-,27+,28-/m0/s1. The van der Waals surface area contributed by atoms with Gasteiger partial charge in [0.25, 0.3) is 0 Å². The highest BCUT2D eigenvalue weighted by Crippen LogP contribution is 2.57. The van der Waals surface area contributed by atoms with Gasteiger partial charge in [0.2, 0.25) is 0 Å². The molecule has 0 aromatic heterocycles. The molecule has 2 N–H and O–H groups in total. The zero-order chi connectivity index (χ0) is 24.1. The van der Waals surface area contributed by atoms with Crippen molar-refractivity contribution in [2.45, 2.75) is 81.8 Å². The maximum atomic E-state index is 13.7. The zero-order valence-corrected chi connectivity index (χ0v) is 21.3. The Hall–Kier alpha value is -1.50. The van der Waals surface area contributed by atoms with Crippen LogP contribution in [-0.4, -0.2) is 35.0 Å². The molecule has 186 valence electrons. The monoisotopic (exact) mass is 534 g/mol. The third-order valence-electron chi connectivity index (χ3n) is 8.19. The lowest BCUT2D eigenvalue weighted by atomic mass is 9.69. The normalized spacial score (nSPS) is 30.8. The minimum Gasteiger partial charge on any atom is -0.481 e. The Labute approximate surface area is 210 Å². The van der Waals surface area contributed by atoms with Crippen molar-refractivity contribution in [2.75, 3.05) is 6.61 Å². The maximum Gasteiger partial charge on any atom is 0.303 e. The van der Waals surface area contributed by atoms with Crippen molar-refractivity contribution in [1.82, 2.24) is 0 Å². The summed E-state index contributed by atoms with van der Waals surface area (Å²) in [5, 5.41) is 19.9. The van der Waals surface area contributed by atoms with Crippen LogP contribution in [0, 0.1) is 23.6 Å². The van der Waals surface area contributed by atoms with Crippen LogP contribution in [0.5, 0.6) is 0 Å². The highest BCUT2D eigenvalue weighted by atomic mass is 79.9. The Morgan fingerprint density at radius 3 is 2.65 bits per heavy atom. The number of rotatable bonds is 10. The van der Waals surface area contributed by atoms with Gasteiger partial charge in [-0.3, -0.25) is 4.79 Å². The van der Waals surface area contributed by atoms with Gasteiger partial charge in [-0.2, -0.15) is 0 Å². The van der Waals surface area contributed by atoms with E-state index in [-0.39, 0.29) is 35.6 Å². The fraction of sp³-hybridized carbons (Fsp3) is 0.607. The largest absolute Gasteiger partial charge is 0.481 e. The molecule has 0 radical (unpaired) electrons. The van der Waals surface area contributed by atoms with Crippen molar-refractivity contribution in [3.63, 3.8) is 0 Å². The molecular formula is C28H36BrFO4. The number of carboxylic acid groups (broad SMARTS) is 1. The first-order chi connectivity index (χ1) is 16.4. The van der Waals surface area contributed by atoms with Crippen molar-refractivity contribution in [3.8, 4) is 0 Å². The molecule has 1 heterocycles. The van der Waals surface area contributed by atoms with Gasteiger partial charge in [0.05, 0.1) is 18.8 Å². The first kappa shape index (κ1) is 25.6. The summed E-state index contributed by atoms with van der Waals surface area (Å²) in [5.41, 5.74) is 0.925. The van der Waals surface area contributed by atoms with Gasteiger partial charge in [0.1, 0.15) is 5.82 Å². The first-order valence-corrected chi connectivity index (χ1v) is 13.5. The van der Waals surface area contributed by atoms with E-state index in [2.05, 4.69) is 34.2 Å². The second-order valence-electron chi connectivity index (χ2n) is 10.3. The van der Waals surface area contributed by atoms with E-state index < -0.39 is 12.1 Å². The van der Waals surface area contributed by atoms with Gasteiger partial charge in [-0.05, 0) is 68.1 Å². The molecule has 6 heteroatoms. The Balaban J connectivity index is 1.55. The Morgan fingerprint density at radius 2 is 1.94 bits per heavy atom. The number of hydrogen-bond acceptors (Lipinski definition) is 3.